The van der Waals surface area contributed by atoms with Gasteiger partial charge in [0.25, 0.3) is 0 Å². The first kappa shape index (κ1) is 14.7. The van der Waals surface area contributed by atoms with Gasteiger partial charge in [-0.2, -0.15) is 0 Å². The van der Waals surface area contributed by atoms with Crippen molar-refractivity contribution in [1.82, 2.24) is 9.97 Å². The minimum atomic E-state index is 0.723. The molecule has 1 atom stereocenters. The lowest BCUT2D eigenvalue weighted by Crippen LogP contribution is -2.18. The molecular weight excluding hydrogens is 306 g/mol. The predicted molar refractivity (Wildman–Crippen MR) is 94.2 cm³/mol. The molecule has 0 spiro atoms. The van der Waals surface area contributed by atoms with Crippen LogP contribution in [0.5, 0.6) is 0 Å². The quantitative estimate of drug-likeness (QED) is 0.717. The average molecular weight is 327 g/mol. The fraction of sp³-hybridized carbons (Fsp3) is 0.444. The molecule has 0 amide bonds. The number of hydrogen-bond donors (Lipinski definition) is 0. The molecule has 0 saturated carbocycles. The van der Waals surface area contributed by atoms with Crippen LogP contribution in [0.1, 0.15) is 35.3 Å². The van der Waals surface area contributed by atoms with Gasteiger partial charge in [0.15, 0.2) is 0 Å². The molecule has 3 aromatic rings. The minimum Gasteiger partial charge on any atom is -0.464 e. The Balaban J connectivity index is 1.74. The van der Waals surface area contributed by atoms with Crippen molar-refractivity contribution >= 4 is 27.4 Å². The van der Waals surface area contributed by atoms with E-state index < -0.39 is 0 Å². The predicted octanol–water partition coefficient (Wildman–Crippen LogP) is 4.35. The second-order valence-electron chi connectivity index (χ2n) is 6.60. The highest BCUT2D eigenvalue weighted by Crippen LogP contribution is 2.40. The first-order chi connectivity index (χ1) is 11.1. The van der Waals surface area contributed by atoms with Gasteiger partial charge in [0.2, 0.25) is 0 Å². The Morgan fingerprint density at radius 1 is 1.35 bits per heavy atom. The second kappa shape index (κ2) is 5.64. The lowest BCUT2D eigenvalue weighted by molar-refractivity contribution is 0.481. The molecule has 4 nitrogen and oxygen atoms in total. The fourth-order valence-corrected chi connectivity index (χ4v) is 4.77. The monoisotopic (exact) mass is 327 g/mol. The first-order valence-corrected chi connectivity index (χ1v) is 8.95. The van der Waals surface area contributed by atoms with Crippen molar-refractivity contribution in [2.24, 2.45) is 5.92 Å². The summed E-state index contributed by atoms with van der Waals surface area (Å²) in [6.07, 6.45) is 5.27. The zero-order chi connectivity index (χ0) is 16.0. The summed E-state index contributed by atoms with van der Waals surface area (Å²) in [5, 5.41) is 1.25. The van der Waals surface area contributed by atoms with E-state index in [2.05, 4.69) is 28.8 Å². The Labute approximate surface area is 140 Å². The second-order valence-corrected chi connectivity index (χ2v) is 7.68. The van der Waals surface area contributed by atoms with Gasteiger partial charge in [-0.15, -0.1) is 11.3 Å². The molecule has 23 heavy (non-hydrogen) atoms. The van der Waals surface area contributed by atoms with Crippen LogP contribution in [0.2, 0.25) is 0 Å². The molecule has 3 heterocycles. The van der Waals surface area contributed by atoms with Gasteiger partial charge in [-0.25, -0.2) is 9.97 Å². The van der Waals surface area contributed by atoms with Crippen molar-refractivity contribution in [3.05, 3.63) is 40.4 Å². The maximum Gasteiger partial charge on any atom is 0.141 e. The summed E-state index contributed by atoms with van der Waals surface area (Å²) in [7, 11) is 2.08. The van der Waals surface area contributed by atoms with Crippen LogP contribution in [-0.4, -0.2) is 17.0 Å². The Bertz CT molecular complexity index is 851. The number of aromatic nitrogens is 2. The van der Waals surface area contributed by atoms with Crippen LogP contribution < -0.4 is 4.90 Å². The number of hydrogen-bond acceptors (Lipinski definition) is 5. The SMILES string of the molecule is Cc1ccc(CN(C)c2ncnc3sc4c(c23)CCC(C)C4)o1. The van der Waals surface area contributed by atoms with E-state index in [1.165, 1.54) is 28.7 Å². The van der Waals surface area contributed by atoms with Crippen LogP contribution in [0.4, 0.5) is 5.82 Å². The van der Waals surface area contributed by atoms with E-state index in [1.54, 1.807) is 6.33 Å². The number of fused-ring (bicyclic) bond motifs is 3. The van der Waals surface area contributed by atoms with Crippen LogP contribution in [0.3, 0.4) is 0 Å². The molecule has 0 fully saturated rings. The molecule has 0 aromatic carbocycles. The van der Waals surface area contributed by atoms with Gasteiger partial charge in [-0.1, -0.05) is 6.92 Å². The van der Waals surface area contributed by atoms with E-state index >= 15 is 0 Å². The number of furan rings is 1. The Hall–Kier alpha value is -1.88. The molecule has 1 unspecified atom stereocenters. The largest absolute Gasteiger partial charge is 0.464 e. The van der Waals surface area contributed by atoms with Crippen molar-refractivity contribution in [2.45, 2.75) is 39.7 Å². The lowest BCUT2D eigenvalue weighted by Gasteiger charge is -2.21. The van der Waals surface area contributed by atoms with Gasteiger partial charge in [0.05, 0.1) is 11.9 Å². The van der Waals surface area contributed by atoms with Crippen molar-refractivity contribution in [1.29, 1.82) is 0 Å². The maximum absolute atomic E-state index is 5.71. The number of thiophene rings is 1. The van der Waals surface area contributed by atoms with E-state index in [-0.39, 0.29) is 0 Å². The normalized spacial score (nSPS) is 17.4. The third-order valence-electron chi connectivity index (χ3n) is 4.62. The highest BCUT2D eigenvalue weighted by atomic mass is 32.1. The van der Waals surface area contributed by atoms with Crippen LogP contribution >= 0.6 is 11.3 Å². The standard InChI is InChI=1S/C18H21N3OS/c1-11-4-7-14-15(8-11)23-18-16(14)17(19-10-20-18)21(3)9-13-6-5-12(2)22-13/h5-6,10-11H,4,7-9H2,1-3H3. The topological polar surface area (TPSA) is 42.2 Å². The summed E-state index contributed by atoms with van der Waals surface area (Å²) >= 11 is 1.84. The molecule has 0 radical (unpaired) electrons. The molecule has 0 saturated heterocycles. The number of rotatable bonds is 3. The Morgan fingerprint density at radius 2 is 2.22 bits per heavy atom. The Kier molecular flexibility index (Phi) is 3.60. The third-order valence-corrected chi connectivity index (χ3v) is 5.78. The van der Waals surface area contributed by atoms with Crippen molar-refractivity contribution in [3.63, 3.8) is 0 Å². The molecule has 0 N–H and O–H groups in total. The number of aryl methyl sites for hydroxylation is 2. The van der Waals surface area contributed by atoms with E-state index in [9.17, 15) is 0 Å². The molecule has 0 bridgehead atoms. The van der Waals surface area contributed by atoms with Crippen LogP contribution in [0.25, 0.3) is 10.2 Å². The van der Waals surface area contributed by atoms with Gasteiger partial charge in [-0.05, 0) is 49.8 Å². The smallest absolute Gasteiger partial charge is 0.141 e. The van der Waals surface area contributed by atoms with Crippen LogP contribution in [0, 0.1) is 12.8 Å². The number of nitrogens with zero attached hydrogens (tertiary/aromatic N) is 3. The average Bonchev–Trinajstić information content (AvgIpc) is 3.09. The zero-order valence-electron chi connectivity index (χ0n) is 13.8. The molecule has 120 valence electrons. The maximum atomic E-state index is 5.71. The summed E-state index contributed by atoms with van der Waals surface area (Å²) in [6, 6.07) is 4.04. The zero-order valence-corrected chi connectivity index (χ0v) is 14.6. The molecule has 4 rings (SSSR count). The summed E-state index contributed by atoms with van der Waals surface area (Å²) < 4.78 is 5.71. The van der Waals surface area contributed by atoms with Gasteiger partial charge in [0.1, 0.15) is 28.5 Å². The highest BCUT2D eigenvalue weighted by molar-refractivity contribution is 7.19. The van der Waals surface area contributed by atoms with Crippen molar-refractivity contribution < 1.29 is 4.42 Å². The number of anilines is 1. The Morgan fingerprint density at radius 3 is 3.00 bits per heavy atom. The van der Waals surface area contributed by atoms with Crippen molar-refractivity contribution in [3.8, 4) is 0 Å². The molecule has 1 aliphatic carbocycles. The fourth-order valence-electron chi connectivity index (χ4n) is 3.43. The molecule has 5 heteroatoms. The first-order valence-electron chi connectivity index (χ1n) is 8.13. The van der Waals surface area contributed by atoms with Gasteiger partial charge in [0, 0.05) is 11.9 Å². The summed E-state index contributed by atoms with van der Waals surface area (Å²) in [5.74, 6) is 3.71. The molecular formula is C18H21N3OS. The van der Waals surface area contributed by atoms with Crippen molar-refractivity contribution in [2.75, 3.05) is 11.9 Å². The molecule has 1 aliphatic rings. The minimum absolute atomic E-state index is 0.723. The third kappa shape index (κ3) is 2.63. The molecule has 0 aliphatic heterocycles. The molecule has 3 aromatic heterocycles. The van der Waals surface area contributed by atoms with Crippen LogP contribution in [0.15, 0.2) is 22.9 Å². The van der Waals surface area contributed by atoms with Gasteiger partial charge >= 0.3 is 0 Å². The van der Waals surface area contributed by atoms with E-state index in [1.807, 2.05) is 30.4 Å². The summed E-state index contributed by atoms with van der Waals surface area (Å²) in [6.45, 7) is 5.04. The summed E-state index contributed by atoms with van der Waals surface area (Å²) in [4.78, 5) is 13.9. The van der Waals surface area contributed by atoms with E-state index in [4.69, 9.17) is 4.42 Å². The van der Waals surface area contributed by atoms with Gasteiger partial charge < -0.3 is 9.32 Å². The lowest BCUT2D eigenvalue weighted by atomic mass is 9.89. The van der Waals surface area contributed by atoms with E-state index in [0.29, 0.717) is 0 Å². The van der Waals surface area contributed by atoms with Gasteiger partial charge in [-0.3, -0.25) is 0 Å². The van der Waals surface area contributed by atoms with Crippen LogP contribution in [-0.2, 0) is 19.4 Å². The highest BCUT2D eigenvalue weighted by Gasteiger charge is 2.24. The summed E-state index contributed by atoms with van der Waals surface area (Å²) in [5.41, 5.74) is 1.47. The van der Waals surface area contributed by atoms with E-state index in [0.717, 1.165) is 41.1 Å².